The average molecular weight is 333 g/mol. The molecule has 0 bridgehead atoms. The summed E-state index contributed by atoms with van der Waals surface area (Å²) in [6.07, 6.45) is 3.76. The number of carbonyl (C=O) groups is 2. The number of hydrogen-bond donors (Lipinski definition) is 0. The molecule has 2 rings (SSSR count). The highest BCUT2D eigenvalue weighted by Crippen LogP contribution is 2.16. The molecule has 0 aromatic rings. The van der Waals surface area contributed by atoms with Crippen LogP contribution in [-0.2, 0) is 9.59 Å². The smallest absolute Gasteiger partial charge is 0.266 e. The van der Waals surface area contributed by atoms with Gasteiger partial charge < -0.3 is 19.6 Å². The zero-order valence-electron chi connectivity index (χ0n) is 14.9. The Morgan fingerprint density at radius 1 is 1.08 bits per heavy atom. The maximum absolute atomic E-state index is 12.6. The highest BCUT2D eigenvalue weighted by atomic mass is 16.2. The summed E-state index contributed by atoms with van der Waals surface area (Å²) in [5.41, 5.74) is 0.174. The first kappa shape index (κ1) is 18.3. The quantitative estimate of drug-likeness (QED) is 0.542. The van der Waals surface area contributed by atoms with E-state index in [0.717, 1.165) is 25.9 Å². The fraction of sp³-hybridized carbons (Fsp3) is 0.706. The van der Waals surface area contributed by atoms with Gasteiger partial charge in [-0.15, -0.1) is 0 Å². The van der Waals surface area contributed by atoms with Crippen LogP contribution < -0.4 is 0 Å². The van der Waals surface area contributed by atoms with E-state index in [1.54, 1.807) is 16.0 Å². The van der Waals surface area contributed by atoms with Crippen LogP contribution in [0.1, 0.15) is 19.8 Å². The summed E-state index contributed by atoms with van der Waals surface area (Å²) < 4.78 is 0. The van der Waals surface area contributed by atoms with Crippen LogP contribution in [0.25, 0.3) is 0 Å². The average Bonchev–Trinajstić information content (AvgIpc) is 2.59. The van der Waals surface area contributed by atoms with Crippen molar-refractivity contribution in [2.24, 2.45) is 0 Å². The van der Waals surface area contributed by atoms with Gasteiger partial charge in [0.1, 0.15) is 11.6 Å². The Morgan fingerprint density at radius 2 is 1.62 bits per heavy atom. The molecule has 24 heavy (non-hydrogen) atoms. The summed E-state index contributed by atoms with van der Waals surface area (Å²) in [6, 6.07) is 2.42. The van der Waals surface area contributed by atoms with E-state index in [4.69, 9.17) is 0 Å². The van der Waals surface area contributed by atoms with Gasteiger partial charge in [-0.2, -0.15) is 5.26 Å². The van der Waals surface area contributed by atoms with Gasteiger partial charge in [-0.05, 0) is 33.0 Å². The minimum atomic E-state index is -0.236. The zero-order chi connectivity index (χ0) is 17.7. The van der Waals surface area contributed by atoms with Gasteiger partial charge in [0.15, 0.2) is 0 Å². The molecule has 2 aliphatic heterocycles. The Morgan fingerprint density at radius 3 is 2.12 bits per heavy atom. The van der Waals surface area contributed by atoms with Crippen molar-refractivity contribution in [2.45, 2.75) is 25.8 Å². The first-order valence-corrected chi connectivity index (χ1v) is 8.49. The molecule has 7 heteroatoms. The van der Waals surface area contributed by atoms with Crippen molar-refractivity contribution in [3.05, 3.63) is 11.8 Å². The number of nitrogens with zero attached hydrogens (tertiary/aromatic N) is 5. The fourth-order valence-electron chi connectivity index (χ4n) is 3.24. The van der Waals surface area contributed by atoms with Gasteiger partial charge in [-0.1, -0.05) is 0 Å². The molecule has 0 radical (unpaired) electrons. The fourth-order valence-corrected chi connectivity index (χ4v) is 3.24. The van der Waals surface area contributed by atoms with Crippen LogP contribution in [0.5, 0.6) is 0 Å². The second-order valence-electron chi connectivity index (χ2n) is 6.65. The Hall–Kier alpha value is -2.07. The van der Waals surface area contributed by atoms with E-state index in [-0.39, 0.29) is 17.4 Å². The summed E-state index contributed by atoms with van der Waals surface area (Å²) in [5.74, 6) is -0.208. The van der Waals surface area contributed by atoms with E-state index in [1.807, 2.05) is 18.0 Å². The maximum Gasteiger partial charge on any atom is 0.266 e. The zero-order valence-corrected chi connectivity index (χ0v) is 14.9. The van der Waals surface area contributed by atoms with Crippen LogP contribution in [0.4, 0.5) is 0 Å². The lowest BCUT2D eigenvalue weighted by Gasteiger charge is -2.35. The van der Waals surface area contributed by atoms with Crippen LogP contribution >= 0.6 is 0 Å². The molecule has 0 spiro atoms. The number of carbonyl (C=O) groups excluding carboxylic acids is 2. The lowest BCUT2D eigenvalue weighted by molar-refractivity contribution is -0.136. The van der Waals surface area contributed by atoms with E-state index in [2.05, 4.69) is 11.9 Å². The third kappa shape index (κ3) is 4.48. The monoisotopic (exact) mass is 333 g/mol. The molecule has 0 atom stereocenters. The van der Waals surface area contributed by atoms with Gasteiger partial charge in [-0.3, -0.25) is 9.59 Å². The minimum Gasteiger partial charge on any atom is -0.376 e. The lowest BCUT2D eigenvalue weighted by atomic mass is 10.0. The summed E-state index contributed by atoms with van der Waals surface area (Å²) in [6.45, 7) is 5.63. The summed E-state index contributed by atoms with van der Waals surface area (Å²) in [4.78, 5) is 31.6. The molecular weight excluding hydrogens is 306 g/mol. The van der Waals surface area contributed by atoms with Crippen molar-refractivity contribution in [1.29, 1.82) is 5.26 Å². The molecule has 2 amide bonds. The third-order valence-electron chi connectivity index (χ3n) is 4.96. The minimum absolute atomic E-state index is 0.0279. The van der Waals surface area contributed by atoms with E-state index in [0.29, 0.717) is 32.2 Å². The maximum atomic E-state index is 12.6. The largest absolute Gasteiger partial charge is 0.376 e. The number of amides is 2. The highest BCUT2D eigenvalue weighted by Gasteiger charge is 2.26. The number of nitriles is 1. The standard InChI is InChI=1S/C17H27N5O2/c1-14(23)21-8-10-22(11-9-21)17(24)15(12-18)13-20(3)16-4-6-19(2)7-5-16/h13,16H,4-11H2,1-3H3/b15-13-. The van der Waals surface area contributed by atoms with Crippen LogP contribution in [-0.4, -0.2) is 90.8 Å². The Labute approximate surface area is 144 Å². The highest BCUT2D eigenvalue weighted by molar-refractivity contribution is 5.97. The van der Waals surface area contributed by atoms with Crippen molar-refractivity contribution in [3.8, 4) is 6.07 Å². The predicted molar refractivity (Wildman–Crippen MR) is 90.8 cm³/mol. The number of rotatable bonds is 3. The molecule has 0 unspecified atom stereocenters. The van der Waals surface area contributed by atoms with Crippen molar-refractivity contribution in [2.75, 3.05) is 53.4 Å². The molecule has 2 saturated heterocycles. The summed E-state index contributed by atoms with van der Waals surface area (Å²) in [7, 11) is 4.05. The molecule has 0 aromatic heterocycles. The van der Waals surface area contributed by atoms with Crippen molar-refractivity contribution in [1.82, 2.24) is 19.6 Å². The molecule has 0 aliphatic carbocycles. The van der Waals surface area contributed by atoms with Gasteiger partial charge in [0.2, 0.25) is 5.91 Å². The van der Waals surface area contributed by atoms with Crippen LogP contribution in [0, 0.1) is 11.3 Å². The van der Waals surface area contributed by atoms with Crippen LogP contribution in [0.3, 0.4) is 0 Å². The number of piperidine rings is 1. The number of piperazine rings is 1. The predicted octanol–water partition coefficient (Wildman–Crippen LogP) is 0.111. The Kier molecular flexibility index (Phi) is 6.21. The topological polar surface area (TPSA) is 70.9 Å². The third-order valence-corrected chi connectivity index (χ3v) is 4.96. The normalized spacial score (nSPS) is 20.7. The molecule has 7 nitrogen and oxygen atoms in total. The first-order chi connectivity index (χ1) is 11.4. The molecular formula is C17H27N5O2. The Balaban J connectivity index is 1.96. The second-order valence-corrected chi connectivity index (χ2v) is 6.65. The first-order valence-electron chi connectivity index (χ1n) is 8.49. The van der Waals surface area contributed by atoms with Gasteiger partial charge in [0.25, 0.3) is 5.91 Å². The van der Waals surface area contributed by atoms with Gasteiger partial charge in [0.05, 0.1) is 0 Å². The molecule has 2 fully saturated rings. The van der Waals surface area contributed by atoms with E-state index in [1.165, 1.54) is 6.92 Å². The van der Waals surface area contributed by atoms with Crippen molar-refractivity contribution >= 4 is 11.8 Å². The molecule has 2 aliphatic rings. The van der Waals surface area contributed by atoms with Crippen molar-refractivity contribution < 1.29 is 9.59 Å². The van der Waals surface area contributed by atoms with E-state index in [9.17, 15) is 14.9 Å². The second kappa shape index (κ2) is 8.15. The Bertz CT molecular complexity index is 538. The van der Waals surface area contributed by atoms with Crippen molar-refractivity contribution in [3.63, 3.8) is 0 Å². The number of hydrogen-bond acceptors (Lipinski definition) is 5. The molecule has 132 valence electrons. The van der Waals surface area contributed by atoms with E-state index < -0.39 is 0 Å². The SMILES string of the molecule is CC(=O)N1CCN(C(=O)/C(C#N)=C\N(C)C2CCN(C)CC2)CC1. The molecule has 0 saturated carbocycles. The lowest BCUT2D eigenvalue weighted by Crippen LogP contribution is -2.50. The summed E-state index contributed by atoms with van der Waals surface area (Å²) in [5, 5.41) is 9.39. The van der Waals surface area contributed by atoms with Crippen LogP contribution in [0.2, 0.25) is 0 Å². The molecule has 0 aromatic carbocycles. The number of likely N-dealkylation sites (tertiary alicyclic amines) is 1. The van der Waals surface area contributed by atoms with Crippen LogP contribution in [0.15, 0.2) is 11.8 Å². The molecule has 2 heterocycles. The van der Waals surface area contributed by atoms with E-state index >= 15 is 0 Å². The van der Waals surface area contributed by atoms with Gasteiger partial charge in [-0.25, -0.2) is 0 Å². The molecule has 0 N–H and O–H groups in total. The summed E-state index contributed by atoms with van der Waals surface area (Å²) >= 11 is 0. The van der Waals surface area contributed by atoms with Gasteiger partial charge >= 0.3 is 0 Å². The van der Waals surface area contributed by atoms with Gasteiger partial charge in [0, 0.05) is 52.4 Å².